The summed E-state index contributed by atoms with van der Waals surface area (Å²) in [5, 5.41) is 0. The predicted molar refractivity (Wildman–Crippen MR) is 92.3 cm³/mol. The van der Waals surface area contributed by atoms with E-state index in [1.807, 2.05) is 29.2 Å². The molecule has 1 aromatic heterocycles. The summed E-state index contributed by atoms with van der Waals surface area (Å²) in [7, 11) is 0. The molecule has 1 aliphatic heterocycles. The highest BCUT2D eigenvalue weighted by atomic mass is 16.6. The standard InChI is InChI=1S/C19H19N3O3/c23-18(22(16-6-7-16)13-14-3-2-8-20-12-14)15-4-1-5-17(11-15)21-9-10-25-19(21)24/h1-5,8,11-12,16H,6-7,9-10,13H2. The zero-order valence-corrected chi connectivity index (χ0v) is 13.8. The van der Waals surface area contributed by atoms with Gasteiger partial charge in [-0.1, -0.05) is 12.1 Å². The van der Waals surface area contributed by atoms with Gasteiger partial charge in [0.2, 0.25) is 0 Å². The quantitative estimate of drug-likeness (QED) is 0.842. The van der Waals surface area contributed by atoms with E-state index in [1.165, 1.54) is 0 Å². The normalized spacial score (nSPS) is 16.6. The molecular weight excluding hydrogens is 318 g/mol. The van der Waals surface area contributed by atoms with Crippen molar-refractivity contribution in [3.63, 3.8) is 0 Å². The molecule has 6 nitrogen and oxygen atoms in total. The van der Waals surface area contributed by atoms with Crippen LogP contribution in [-0.2, 0) is 11.3 Å². The van der Waals surface area contributed by atoms with Crippen LogP contribution in [0.4, 0.5) is 10.5 Å². The Morgan fingerprint density at radius 2 is 2.16 bits per heavy atom. The smallest absolute Gasteiger partial charge is 0.414 e. The van der Waals surface area contributed by atoms with Gasteiger partial charge in [-0.15, -0.1) is 0 Å². The molecule has 25 heavy (non-hydrogen) atoms. The summed E-state index contributed by atoms with van der Waals surface area (Å²) in [5.74, 6) is -0.0132. The number of benzene rings is 1. The van der Waals surface area contributed by atoms with E-state index in [1.54, 1.807) is 29.4 Å². The monoisotopic (exact) mass is 337 g/mol. The van der Waals surface area contributed by atoms with Gasteiger partial charge in [0.1, 0.15) is 6.61 Å². The van der Waals surface area contributed by atoms with Gasteiger partial charge in [-0.3, -0.25) is 14.7 Å². The minimum atomic E-state index is -0.362. The molecule has 1 aliphatic carbocycles. The van der Waals surface area contributed by atoms with Crippen molar-refractivity contribution < 1.29 is 14.3 Å². The van der Waals surface area contributed by atoms with Gasteiger partial charge in [-0.25, -0.2) is 4.79 Å². The molecule has 128 valence electrons. The first kappa shape index (κ1) is 15.6. The summed E-state index contributed by atoms with van der Waals surface area (Å²) >= 11 is 0. The Morgan fingerprint density at radius 1 is 1.28 bits per heavy atom. The Labute approximate surface area is 146 Å². The summed E-state index contributed by atoms with van der Waals surface area (Å²) < 4.78 is 4.98. The molecule has 0 spiro atoms. The van der Waals surface area contributed by atoms with Gasteiger partial charge in [-0.2, -0.15) is 0 Å². The van der Waals surface area contributed by atoms with E-state index in [4.69, 9.17) is 4.74 Å². The first-order chi connectivity index (χ1) is 12.2. The van der Waals surface area contributed by atoms with E-state index >= 15 is 0 Å². The molecule has 2 fully saturated rings. The van der Waals surface area contributed by atoms with Gasteiger partial charge in [-0.05, 0) is 42.7 Å². The zero-order valence-electron chi connectivity index (χ0n) is 13.8. The summed E-state index contributed by atoms with van der Waals surface area (Å²) in [6.07, 6.45) is 5.22. The Hall–Kier alpha value is -2.89. The van der Waals surface area contributed by atoms with E-state index < -0.39 is 0 Å². The van der Waals surface area contributed by atoms with Gasteiger partial charge in [0.05, 0.1) is 6.54 Å². The van der Waals surface area contributed by atoms with Crippen molar-refractivity contribution in [2.24, 2.45) is 0 Å². The van der Waals surface area contributed by atoms with Gasteiger partial charge >= 0.3 is 6.09 Å². The van der Waals surface area contributed by atoms with Gasteiger partial charge in [0.25, 0.3) is 5.91 Å². The summed E-state index contributed by atoms with van der Waals surface area (Å²) in [5.41, 5.74) is 2.31. The van der Waals surface area contributed by atoms with Crippen molar-refractivity contribution in [2.75, 3.05) is 18.1 Å². The van der Waals surface area contributed by atoms with E-state index in [0.717, 1.165) is 18.4 Å². The van der Waals surface area contributed by atoms with E-state index in [-0.39, 0.29) is 18.0 Å². The van der Waals surface area contributed by atoms with Crippen molar-refractivity contribution >= 4 is 17.7 Å². The number of hydrogen-bond donors (Lipinski definition) is 0. The molecule has 2 aromatic rings. The average molecular weight is 337 g/mol. The van der Waals surface area contributed by atoms with Crippen LogP contribution in [0.25, 0.3) is 0 Å². The number of aromatic nitrogens is 1. The number of amides is 2. The Morgan fingerprint density at radius 3 is 2.84 bits per heavy atom. The Balaban J connectivity index is 1.57. The van der Waals surface area contributed by atoms with Crippen LogP contribution >= 0.6 is 0 Å². The second kappa shape index (κ2) is 6.55. The highest BCUT2D eigenvalue weighted by Crippen LogP contribution is 2.30. The molecule has 0 atom stereocenters. The number of cyclic esters (lactones) is 1. The third kappa shape index (κ3) is 3.33. The summed E-state index contributed by atoms with van der Waals surface area (Å²) in [4.78, 5) is 32.4. The molecule has 2 amide bonds. The highest BCUT2D eigenvalue weighted by molar-refractivity contribution is 5.97. The lowest BCUT2D eigenvalue weighted by Crippen LogP contribution is -2.33. The number of hydrogen-bond acceptors (Lipinski definition) is 4. The number of nitrogens with zero attached hydrogens (tertiary/aromatic N) is 3. The molecule has 4 rings (SSSR count). The van der Waals surface area contributed by atoms with Gasteiger partial charge < -0.3 is 9.64 Å². The summed E-state index contributed by atoms with van der Waals surface area (Å²) in [6, 6.07) is 11.3. The van der Waals surface area contributed by atoms with Crippen molar-refractivity contribution in [2.45, 2.75) is 25.4 Å². The minimum Gasteiger partial charge on any atom is -0.447 e. The van der Waals surface area contributed by atoms with Crippen LogP contribution in [0.2, 0.25) is 0 Å². The number of carbonyl (C=O) groups excluding carboxylic acids is 2. The molecule has 1 saturated heterocycles. The second-order valence-electron chi connectivity index (χ2n) is 6.34. The Kier molecular flexibility index (Phi) is 4.09. The molecule has 6 heteroatoms. The van der Waals surface area contributed by atoms with Crippen LogP contribution in [0.1, 0.15) is 28.8 Å². The second-order valence-corrected chi connectivity index (χ2v) is 6.34. The lowest BCUT2D eigenvalue weighted by molar-refractivity contribution is 0.0729. The molecular formula is C19H19N3O3. The van der Waals surface area contributed by atoms with Crippen molar-refractivity contribution in [1.82, 2.24) is 9.88 Å². The van der Waals surface area contributed by atoms with Crippen LogP contribution in [0, 0.1) is 0 Å². The number of rotatable bonds is 5. The number of pyridine rings is 1. The number of anilines is 1. The van der Waals surface area contributed by atoms with Crippen molar-refractivity contribution in [3.8, 4) is 0 Å². The van der Waals surface area contributed by atoms with Crippen LogP contribution < -0.4 is 4.90 Å². The molecule has 1 aromatic carbocycles. The van der Waals surface area contributed by atoms with E-state index in [0.29, 0.717) is 30.9 Å². The fraction of sp³-hybridized carbons (Fsp3) is 0.316. The molecule has 2 heterocycles. The summed E-state index contributed by atoms with van der Waals surface area (Å²) in [6.45, 7) is 1.44. The fourth-order valence-corrected chi connectivity index (χ4v) is 3.04. The van der Waals surface area contributed by atoms with E-state index in [9.17, 15) is 9.59 Å². The maximum Gasteiger partial charge on any atom is 0.414 e. The van der Waals surface area contributed by atoms with Crippen molar-refractivity contribution in [3.05, 3.63) is 59.9 Å². The highest BCUT2D eigenvalue weighted by Gasteiger charge is 2.33. The number of carbonyl (C=O) groups is 2. The van der Waals surface area contributed by atoms with Gasteiger partial charge in [0, 0.05) is 36.2 Å². The van der Waals surface area contributed by atoms with Crippen LogP contribution in [0.3, 0.4) is 0 Å². The third-order valence-corrected chi connectivity index (χ3v) is 4.49. The molecule has 1 saturated carbocycles. The molecule has 0 radical (unpaired) electrons. The molecule has 0 bridgehead atoms. The predicted octanol–water partition coefficient (Wildman–Crippen LogP) is 2.84. The number of ether oxygens (including phenoxy) is 1. The van der Waals surface area contributed by atoms with Crippen LogP contribution in [0.5, 0.6) is 0 Å². The molecule has 0 N–H and O–H groups in total. The lowest BCUT2D eigenvalue weighted by Gasteiger charge is -2.23. The maximum atomic E-state index is 13.1. The lowest BCUT2D eigenvalue weighted by atomic mass is 10.1. The van der Waals surface area contributed by atoms with Crippen LogP contribution in [0.15, 0.2) is 48.8 Å². The largest absolute Gasteiger partial charge is 0.447 e. The SMILES string of the molecule is O=C1OCCN1c1cccc(C(=O)N(Cc2cccnc2)C2CC2)c1. The topological polar surface area (TPSA) is 62.7 Å². The van der Waals surface area contributed by atoms with Crippen molar-refractivity contribution in [1.29, 1.82) is 0 Å². The average Bonchev–Trinajstić information content (AvgIpc) is 3.40. The fourth-order valence-electron chi connectivity index (χ4n) is 3.04. The van der Waals surface area contributed by atoms with Crippen LogP contribution in [-0.4, -0.2) is 41.1 Å². The molecule has 0 unspecified atom stereocenters. The zero-order chi connectivity index (χ0) is 17.2. The molecule has 2 aliphatic rings. The van der Waals surface area contributed by atoms with E-state index in [2.05, 4.69) is 4.98 Å². The first-order valence-electron chi connectivity index (χ1n) is 8.46. The maximum absolute atomic E-state index is 13.1. The Bertz CT molecular complexity index is 790. The minimum absolute atomic E-state index is 0.0132. The van der Waals surface area contributed by atoms with Gasteiger partial charge in [0.15, 0.2) is 0 Å². The first-order valence-corrected chi connectivity index (χ1v) is 8.46. The third-order valence-electron chi connectivity index (χ3n) is 4.49.